The standard InChI is InChI=1S/C30H45N3O3/c1-22(34)31(25-13-7-4-8-14-25)28-19-29(32(23(2)35)26-15-9-5-10-16-26)21-30(20-28)33(24(3)36)27-17-11-6-12-18-27/h19-21,25-27H,4-18H2,1-3H3. The summed E-state index contributed by atoms with van der Waals surface area (Å²) in [7, 11) is 0. The molecule has 0 atom stereocenters. The number of rotatable bonds is 6. The topological polar surface area (TPSA) is 60.9 Å². The van der Waals surface area contributed by atoms with E-state index in [1.54, 1.807) is 20.8 Å². The minimum atomic E-state index is 0.0316. The van der Waals surface area contributed by atoms with Crippen molar-refractivity contribution in [3.63, 3.8) is 0 Å². The Bertz CT molecular complexity index is 796. The third kappa shape index (κ3) is 6.12. The molecule has 0 bridgehead atoms. The first kappa shape index (κ1) is 26.7. The minimum absolute atomic E-state index is 0.0316. The van der Waals surface area contributed by atoms with Crippen LogP contribution in [0.2, 0.25) is 0 Å². The van der Waals surface area contributed by atoms with Crippen LogP contribution in [-0.2, 0) is 14.4 Å². The van der Waals surface area contributed by atoms with Gasteiger partial charge in [-0.2, -0.15) is 0 Å². The molecular weight excluding hydrogens is 450 g/mol. The Hall–Kier alpha value is -2.37. The van der Waals surface area contributed by atoms with Gasteiger partial charge in [0.2, 0.25) is 17.7 Å². The van der Waals surface area contributed by atoms with Gasteiger partial charge < -0.3 is 14.7 Å². The zero-order valence-electron chi connectivity index (χ0n) is 22.6. The van der Waals surface area contributed by atoms with Crippen molar-refractivity contribution in [3.8, 4) is 0 Å². The van der Waals surface area contributed by atoms with Gasteiger partial charge in [-0.15, -0.1) is 0 Å². The maximum atomic E-state index is 13.0. The molecule has 1 aromatic rings. The van der Waals surface area contributed by atoms with Gasteiger partial charge in [-0.05, 0) is 56.7 Å². The normalized spacial score (nSPS) is 20.1. The number of hydrogen-bond donors (Lipinski definition) is 0. The molecule has 4 rings (SSSR count). The second-order valence-corrected chi connectivity index (χ2v) is 11.3. The molecule has 3 amide bonds. The average Bonchev–Trinajstić information content (AvgIpc) is 2.86. The summed E-state index contributed by atoms with van der Waals surface area (Å²) in [5.74, 6) is 0.0947. The van der Waals surface area contributed by atoms with Gasteiger partial charge in [0, 0.05) is 56.0 Å². The van der Waals surface area contributed by atoms with E-state index in [2.05, 4.69) is 0 Å². The van der Waals surface area contributed by atoms with Gasteiger partial charge in [0.15, 0.2) is 0 Å². The Kier molecular flexibility index (Phi) is 9.08. The van der Waals surface area contributed by atoms with Crippen molar-refractivity contribution in [1.29, 1.82) is 0 Å². The lowest BCUT2D eigenvalue weighted by Crippen LogP contribution is -2.43. The molecule has 3 saturated carbocycles. The van der Waals surface area contributed by atoms with Crippen molar-refractivity contribution < 1.29 is 14.4 Å². The largest absolute Gasteiger partial charge is 0.309 e. The van der Waals surface area contributed by atoms with E-state index < -0.39 is 0 Å². The Morgan fingerprint density at radius 1 is 0.472 bits per heavy atom. The summed E-state index contributed by atoms with van der Waals surface area (Å²) in [5, 5.41) is 0. The van der Waals surface area contributed by atoms with E-state index in [0.717, 1.165) is 94.1 Å². The third-order valence-corrected chi connectivity index (χ3v) is 8.56. The van der Waals surface area contributed by atoms with E-state index in [9.17, 15) is 14.4 Å². The van der Waals surface area contributed by atoms with Gasteiger partial charge >= 0.3 is 0 Å². The first-order chi connectivity index (χ1) is 17.4. The lowest BCUT2D eigenvalue weighted by molar-refractivity contribution is -0.117. The molecule has 3 fully saturated rings. The summed E-state index contributed by atoms with van der Waals surface area (Å²) in [6.07, 6.45) is 16.4. The van der Waals surface area contributed by atoms with Crippen molar-refractivity contribution >= 4 is 34.8 Å². The molecule has 0 aromatic heterocycles. The van der Waals surface area contributed by atoms with Gasteiger partial charge in [-0.1, -0.05) is 57.8 Å². The highest BCUT2D eigenvalue weighted by Crippen LogP contribution is 2.38. The van der Waals surface area contributed by atoms with Crippen LogP contribution in [-0.4, -0.2) is 35.8 Å². The zero-order chi connectivity index (χ0) is 25.7. The summed E-state index contributed by atoms with van der Waals surface area (Å²) in [6, 6.07) is 6.61. The second kappa shape index (κ2) is 12.2. The average molecular weight is 496 g/mol. The fourth-order valence-electron chi connectivity index (χ4n) is 6.96. The summed E-state index contributed by atoms with van der Waals surface area (Å²) >= 11 is 0. The van der Waals surface area contributed by atoms with Crippen molar-refractivity contribution in [2.45, 2.75) is 135 Å². The molecule has 0 unspecified atom stereocenters. The van der Waals surface area contributed by atoms with E-state index >= 15 is 0 Å². The smallest absolute Gasteiger partial charge is 0.224 e. The molecule has 0 spiro atoms. The molecule has 0 aliphatic heterocycles. The van der Waals surface area contributed by atoms with E-state index in [4.69, 9.17) is 0 Å². The zero-order valence-corrected chi connectivity index (χ0v) is 22.6. The number of anilines is 3. The molecule has 3 aliphatic rings. The molecule has 0 saturated heterocycles. The van der Waals surface area contributed by atoms with Gasteiger partial charge in [0.25, 0.3) is 0 Å². The first-order valence-electron chi connectivity index (χ1n) is 14.4. The van der Waals surface area contributed by atoms with Crippen molar-refractivity contribution in [3.05, 3.63) is 18.2 Å². The third-order valence-electron chi connectivity index (χ3n) is 8.56. The Morgan fingerprint density at radius 3 is 0.889 bits per heavy atom. The van der Waals surface area contributed by atoms with Crippen LogP contribution in [0.3, 0.4) is 0 Å². The van der Waals surface area contributed by atoms with Gasteiger partial charge in [0.05, 0.1) is 0 Å². The number of amides is 3. The molecular formula is C30H45N3O3. The second-order valence-electron chi connectivity index (χ2n) is 11.3. The lowest BCUT2D eigenvalue weighted by Gasteiger charge is -2.39. The fraction of sp³-hybridized carbons (Fsp3) is 0.700. The molecule has 6 heteroatoms. The predicted molar refractivity (Wildman–Crippen MR) is 147 cm³/mol. The van der Waals surface area contributed by atoms with Gasteiger partial charge in [0.1, 0.15) is 0 Å². The molecule has 1 aromatic carbocycles. The van der Waals surface area contributed by atoms with E-state index in [-0.39, 0.29) is 35.8 Å². The molecule has 0 heterocycles. The summed E-state index contributed by atoms with van der Waals surface area (Å²) < 4.78 is 0. The van der Waals surface area contributed by atoms with Gasteiger partial charge in [-0.3, -0.25) is 14.4 Å². The molecule has 6 nitrogen and oxygen atoms in total. The van der Waals surface area contributed by atoms with Gasteiger partial charge in [-0.25, -0.2) is 0 Å². The Balaban J connectivity index is 1.82. The molecule has 0 radical (unpaired) electrons. The van der Waals surface area contributed by atoms with Crippen molar-refractivity contribution in [2.75, 3.05) is 14.7 Å². The number of carbonyl (C=O) groups is 3. The molecule has 198 valence electrons. The summed E-state index contributed by atoms with van der Waals surface area (Å²) in [4.78, 5) is 45.0. The fourth-order valence-corrected chi connectivity index (χ4v) is 6.96. The Morgan fingerprint density at radius 2 is 0.694 bits per heavy atom. The highest BCUT2D eigenvalue weighted by molar-refractivity contribution is 5.99. The quantitative estimate of drug-likeness (QED) is 0.439. The van der Waals surface area contributed by atoms with Crippen LogP contribution in [0.15, 0.2) is 18.2 Å². The number of benzene rings is 1. The van der Waals surface area contributed by atoms with Crippen LogP contribution >= 0.6 is 0 Å². The maximum Gasteiger partial charge on any atom is 0.224 e. The predicted octanol–water partition coefficient (Wildman–Crippen LogP) is 6.74. The van der Waals surface area contributed by atoms with Crippen LogP contribution < -0.4 is 14.7 Å². The van der Waals surface area contributed by atoms with E-state index in [1.807, 2.05) is 32.9 Å². The van der Waals surface area contributed by atoms with Crippen LogP contribution in [0, 0.1) is 0 Å². The first-order valence-corrected chi connectivity index (χ1v) is 14.4. The number of hydrogen-bond acceptors (Lipinski definition) is 3. The van der Waals surface area contributed by atoms with Crippen molar-refractivity contribution in [1.82, 2.24) is 0 Å². The molecule has 36 heavy (non-hydrogen) atoms. The highest BCUT2D eigenvalue weighted by atomic mass is 16.2. The summed E-state index contributed by atoms with van der Waals surface area (Å²) in [5.41, 5.74) is 2.48. The van der Waals surface area contributed by atoms with Crippen LogP contribution in [0.5, 0.6) is 0 Å². The number of carbonyl (C=O) groups excluding carboxylic acids is 3. The van der Waals surface area contributed by atoms with Crippen LogP contribution in [0.4, 0.5) is 17.1 Å². The maximum absolute atomic E-state index is 13.0. The minimum Gasteiger partial charge on any atom is -0.309 e. The molecule has 0 N–H and O–H groups in total. The Labute approximate surface area is 217 Å². The number of nitrogens with zero attached hydrogens (tertiary/aromatic N) is 3. The highest BCUT2D eigenvalue weighted by Gasteiger charge is 2.31. The van der Waals surface area contributed by atoms with E-state index in [1.165, 1.54) is 19.3 Å². The molecule has 3 aliphatic carbocycles. The van der Waals surface area contributed by atoms with Crippen LogP contribution in [0.25, 0.3) is 0 Å². The monoisotopic (exact) mass is 495 g/mol. The van der Waals surface area contributed by atoms with Crippen LogP contribution in [0.1, 0.15) is 117 Å². The lowest BCUT2D eigenvalue weighted by atomic mass is 9.92. The van der Waals surface area contributed by atoms with Crippen molar-refractivity contribution in [2.24, 2.45) is 0 Å². The summed E-state index contributed by atoms with van der Waals surface area (Å²) in [6.45, 7) is 4.94. The van der Waals surface area contributed by atoms with E-state index in [0.29, 0.717) is 0 Å². The SMILES string of the molecule is CC(=O)N(c1cc(N(C(C)=O)C2CCCCC2)cc(N(C(C)=O)C2CCCCC2)c1)C1CCCCC1.